The maximum Gasteiger partial charge on any atom is 0.306 e. The van der Waals surface area contributed by atoms with Crippen LogP contribution in [0.1, 0.15) is 46.5 Å². The summed E-state index contributed by atoms with van der Waals surface area (Å²) in [7, 11) is 0. The third-order valence-electron chi connectivity index (χ3n) is 3.44. The van der Waals surface area contributed by atoms with Gasteiger partial charge < -0.3 is 4.74 Å². The zero-order chi connectivity index (χ0) is 10.8. The van der Waals surface area contributed by atoms with Crippen molar-refractivity contribution in [2.75, 3.05) is 0 Å². The Balaban J connectivity index is 2.95. The molecule has 1 saturated heterocycles. The van der Waals surface area contributed by atoms with Gasteiger partial charge in [0.2, 0.25) is 0 Å². The first-order valence-corrected chi connectivity index (χ1v) is 5.15. The van der Waals surface area contributed by atoms with Gasteiger partial charge in [-0.3, -0.25) is 9.59 Å². The molecule has 0 N–H and O–H groups in total. The Morgan fingerprint density at radius 3 is 2.64 bits per heavy atom. The maximum absolute atomic E-state index is 11.2. The molecule has 1 rings (SSSR count). The molecule has 1 atom stereocenters. The van der Waals surface area contributed by atoms with Crippen LogP contribution >= 0.6 is 0 Å². The molecule has 0 spiro atoms. The van der Waals surface area contributed by atoms with E-state index in [-0.39, 0.29) is 11.4 Å². The molecule has 0 radical (unpaired) electrons. The highest BCUT2D eigenvalue weighted by atomic mass is 16.6. The fourth-order valence-corrected chi connectivity index (χ4v) is 1.82. The van der Waals surface area contributed by atoms with E-state index >= 15 is 0 Å². The summed E-state index contributed by atoms with van der Waals surface area (Å²) in [5, 5.41) is 0. The summed E-state index contributed by atoms with van der Waals surface area (Å²) < 4.78 is 5.27. The number of cyclic esters (lactones) is 1. The van der Waals surface area contributed by atoms with Crippen molar-refractivity contribution < 1.29 is 14.3 Å². The molecule has 0 amide bonds. The summed E-state index contributed by atoms with van der Waals surface area (Å²) in [4.78, 5) is 22.4. The van der Waals surface area contributed by atoms with E-state index in [1.807, 2.05) is 20.8 Å². The Labute approximate surface area is 84.8 Å². The van der Waals surface area contributed by atoms with E-state index in [1.165, 1.54) is 0 Å². The van der Waals surface area contributed by atoms with E-state index in [0.717, 1.165) is 19.1 Å². The lowest BCUT2D eigenvalue weighted by atomic mass is 9.70. The lowest BCUT2D eigenvalue weighted by molar-refractivity contribution is -0.184. The first-order valence-electron chi connectivity index (χ1n) is 5.15. The van der Waals surface area contributed by atoms with E-state index in [4.69, 9.17) is 4.74 Å². The highest BCUT2D eigenvalue weighted by Crippen LogP contribution is 2.41. The second-order valence-electron chi connectivity index (χ2n) is 4.57. The quantitative estimate of drug-likeness (QED) is 0.515. The zero-order valence-corrected chi connectivity index (χ0v) is 9.13. The number of esters is 1. The van der Waals surface area contributed by atoms with Gasteiger partial charge in [-0.05, 0) is 19.3 Å². The second-order valence-corrected chi connectivity index (χ2v) is 4.57. The number of hydrogen-bond acceptors (Lipinski definition) is 3. The van der Waals surface area contributed by atoms with Gasteiger partial charge in [0.15, 0.2) is 11.9 Å². The molecule has 1 heterocycles. The van der Waals surface area contributed by atoms with E-state index in [9.17, 15) is 9.59 Å². The predicted molar refractivity (Wildman–Crippen MR) is 52.8 cm³/mol. The fraction of sp³-hybridized carbons (Fsp3) is 0.818. The van der Waals surface area contributed by atoms with Crippen LogP contribution in [0, 0.1) is 5.41 Å². The summed E-state index contributed by atoms with van der Waals surface area (Å²) in [6.07, 6.45) is 3.48. The van der Waals surface area contributed by atoms with Crippen LogP contribution < -0.4 is 0 Å². The van der Waals surface area contributed by atoms with Crippen LogP contribution in [0.15, 0.2) is 0 Å². The minimum atomic E-state index is -0.892. The van der Waals surface area contributed by atoms with E-state index < -0.39 is 5.60 Å². The van der Waals surface area contributed by atoms with Gasteiger partial charge in [-0.1, -0.05) is 20.8 Å². The van der Waals surface area contributed by atoms with E-state index in [1.54, 1.807) is 0 Å². The van der Waals surface area contributed by atoms with Crippen LogP contribution in [-0.4, -0.2) is 17.9 Å². The molecule has 1 aliphatic heterocycles. The average molecular weight is 198 g/mol. The molecule has 0 aromatic carbocycles. The van der Waals surface area contributed by atoms with Gasteiger partial charge in [0.05, 0.1) is 0 Å². The van der Waals surface area contributed by atoms with Crippen molar-refractivity contribution in [1.82, 2.24) is 0 Å². The van der Waals surface area contributed by atoms with Crippen molar-refractivity contribution in [3.05, 3.63) is 0 Å². The summed E-state index contributed by atoms with van der Waals surface area (Å²) in [5.74, 6) is -0.245. The second kappa shape index (κ2) is 3.71. The smallest absolute Gasteiger partial charge is 0.306 e. The number of ether oxygens (including phenoxy) is 1. The average Bonchev–Trinajstić information content (AvgIpc) is 2.17. The predicted octanol–water partition coefficient (Wildman–Crippen LogP) is 2.09. The van der Waals surface area contributed by atoms with Gasteiger partial charge in [0, 0.05) is 11.8 Å². The lowest BCUT2D eigenvalue weighted by Crippen LogP contribution is -2.51. The van der Waals surface area contributed by atoms with Crippen LogP contribution in [0.5, 0.6) is 0 Å². The van der Waals surface area contributed by atoms with Crippen molar-refractivity contribution >= 4 is 12.3 Å². The van der Waals surface area contributed by atoms with Gasteiger partial charge >= 0.3 is 5.97 Å². The Bertz CT molecular complexity index is 245. The number of carbonyl (C=O) groups is 2. The zero-order valence-electron chi connectivity index (χ0n) is 9.13. The number of rotatable bonds is 3. The molecule has 14 heavy (non-hydrogen) atoms. The Hall–Kier alpha value is -0.860. The number of hydrogen-bond donors (Lipinski definition) is 0. The highest BCUT2D eigenvalue weighted by molar-refractivity contribution is 5.77. The normalized spacial score (nSPS) is 28.4. The molecule has 0 aromatic rings. The molecule has 80 valence electrons. The van der Waals surface area contributed by atoms with Crippen molar-refractivity contribution in [3.8, 4) is 0 Å². The molecule has 0 saturated carbocycles. The van der Waals surface area contributed by atoms with Crippen LogP contribution in [-0.2, 0) is 14.3 Å². The molecule has 1 unspecified atom stereocenters. The van der Waals surface area contributed by atoms with Crippen LogP contribution in [0.3, 0.4) is 0 Å². The van der Waals surface area contributed by atoms with Gasteiger partial charge in [-0.15, -0.1) is 0 Å². The third kappa shape index (κ3) is 1.68. The molecule has 0 bridgehead atoms. The third-order valence-corrected chi connectivity index (χ3v) is 3.44. The lowest BCUT2D eigenvalue weighted by Gasteiger charge is -2.43. The van der Waals surface area contributed by atoms with E-state index in [2.05, 4.69) is 0 Å². The van der Waals surface area contributed by atoms with Gasteiger partial charge in [-0.2, -0.15) is 0 Å². The highest BCUT2D eigenvalue weighted by Gasteiger charge is 2.48. The molecule has 3 heteroatoms. The first kappa shape index (κ1) is 11.2. The molecule has 1 fully saturated rings. The van der Waals surface area contributed by atoms with Crippen molar-refractivity contribution in [1.29, 1.82) is 0 Å². The number of aldehydes is 1. The summed E-state index contributed by atoms with van der Waals surface area (Å²) in [6, 6.07) is 0. The fourth-order valence-electron chi connectivity index (χ4n) is 1.82. The standard InChI is InChI=1S/C11H18O3/c1-4-10(2,3)11(8-12)7-5-6-9(13)14-11/h8H,4-7H2,1-3H3. The van der Waals surface area contributed by atoms with Crippen LogP contribution in [0.4, 0.5) is 0 Å². The largest absolute Gasteiger partial charge is 0.451 e. The summed E-state index contributed by atoms with van der Waals surface area (Å²) in [6.45, 7) is 5.95. The topological polar surface area (TPSA) is 43.4 Å². The minimum Gasteiger partial charge on any atom is -0.451 e. The van der Waals surface area contributed by atoms with Gasteiger partial charge in [0.25, 0.3) is 0 Å². The number of carbonyl (C=O) groups excluding carboxylic acids is 2. The molecule has 3 nitrogen and oxygen atoms in total. The SMILES string of the molecule is CCC(C)(C)C1(C=O)CCCC(=O)O1. The molecular weight excluding hydrogens is 180 g/mol. The Morgan fingerprint density at radius 2 is 2.21 bits per heavy atom. The van der Waals surface area contributed by atoms with Gasteiger partial charge in [-0.25, -0.2) is 0 Å². The Kier molecular flexibility index (Phi) is 2.98. The molecule has 1 aliphatic rings. The summed E-state index contributed by atoms with van der Waals surface area (Å²) >= 11 is 0. The molecule has 0 aromatic heterocycles. The first-order chi connectivity index (χ1) is 6.47. The van der Waals surface area contributed by atoms with E-state index in [0.29, 0.717) is 12.8 Å². The van der Waals surface area contributed by atoms with Crippen molar-refractivity contribution in [2.45, 2.75) is 52.1 Å². The molecular formula is C11H18O3. The monoisotopic (exact) mass is 198 g/mol. The minimum absolute atomic E-state index is 0.245. The van der Waals surface area contributed by atoms with Crippen molar-refractivity contribution in [2.24, 2.45) is 5.41 Å². The van der Waals surface area contributed by atoms with Crippen LogP contribution in [0.25, 0.3) is 0 Å². The summed E-state index contributed by atoms with van der Waals surface area (Å²) in [5.41, 5.74) is -1.16. The van der Waals surface area contributed by atoms with Gasteiger partial charge in [0.1, 0.15) is 0 Å². The van der Waals surface area contributed by atoms with Crippen molar-refractivity contribution in [3.63, 3.8) is 0 Å². The van der Waals surface area contributed by atoms with Crippen LogP contribution in [0.2, 0.25) is 0 Å². The maximum atomic E-state index is 11.2. The Morgan fingerprint density at radius 1 is 1.57 bits per heavy atom. The molecule has 0 aliphatic carbocycles.